The number of Topliss-reactive ketones (excluding diaryl/α,β-unsaturated/α-hetero) is 1. The van der Waals surface area contributed by atoms with Crippen molar-refractivity contribution in [3.63, 3.8) is 0 Å². The zero-order valence-corrected chi connectivity index (χ0v) is 11.0. The Morgan fingerprint density at radius 3 is 2.79 bits per heavy atom. The van der Waals surface area contributed by atoms with E-state index in [1.54, 1.807) is 0 Å². The van der Waals surface area contributed by atoms with Gasteiger partial charge in [-0.05, 0) is 19.8 Å². The zero-order chi connectivity index (χ0) is 14.2. The minimum atomic E-state index is -1.01. The van der Waals surface area contributed by atoms with E-state index in [9.17, 15) is 9.59 Å². The van der Waals surface area contributed by atoms with Gasteiger partial charge in [0.1, 0.15) is 11.6 Å². The van der Waals surface area contributed by atoms with E-state index < -0.39 is 5.54 Å². The molecule has 0 aliphatic carbocycles. The number of hydrogen-bond acceptors (Lipinski definition) is 5. The molecule has 2 aliphatic heterocycles. The molecular weight excluding hydrogens is 248 g/mol. The van der Waals surface area contributed by atoms with E-state index in [1.807, 2.05) is 5.01 Å². The molecule has 0 saturated carbocycles. The summed E-state index contributed by atoms with van der Waals surface area (Å²) in [5, 5.41) is 3.36. The summed E-state index contributed by atoms with van der Waals surface area (Å²) in [5.74, 6) is -0.239. The third-order valence-electron chi connectivity index (χ3n) is 3.68. The third-order valence-corrected chi connectivity index (χ3v) is 3.68. The first-order valence-electron chi connectivity index (χ1n) is 6.28. The van der Waals surface area contributed by atoms with E-state index in [-0.39, 0.29) is 23.7 Å². The fourth-order valence-electron chi connectivity index (χ4n) is 2.69. The smallest absolute Gasteiger partial charge is 0.259 e. The van der Waals surface area contributed by atoms with Crippen molar-refractivity contribution in [1.82, 2.24) is 10.0 Å². The Balaban J connectivity index is 2.08. The molecule has 8 nitrogen and oxygen atoms in total. The highest BCUT2D eigenvalue weighted by molar-refractivity contribution is 5.93. The average Bonchev–Trinajstić information content (AvgIpc) is 2.79. The number of hydrazine groups is 1. The number of hydrogen-bond donors (Lipinski definition) is 3. The lowest BCUT2D eigenvalue weighted by molar-refractivity contribution is -0.144. The van der Waals surface area contributed by atoms with Gasteiger partial charge in [0.25, 0.3) is 5.91 Å². The van der Waals surface area contributed by atoms with Crippen LogP contribution in [0.3, 0.4) is 0 Å². The summed E-state index contributed by atoms with van der Waals surface area (Å²) in [4.78, 5) is 27.8. The molecule has 1 amide bonds. The summed E-state index contributed by atoms with van der Waals surface area (Å²) in [6.07, 6.45) is 1.03. The Kier molecular flexibility index (Phi) is 3.46. The fraction of sp³-hybridized carbons (Fsp3) is 0.727. The highest BCUT2D eigenvalue weighted by Gasteiger charge is 2.53. The molecule has 0 aromatic rings. The minimum Gasteiger partial charge on any atom is -0.370 e. The number of rotatable bonds is 4. The predicted molar refractivity (Wildman–Crippen MR) is 69.7 cm³/mol. The van der Waals surface area contributed by atoms with Crippen molar-refractivity contribution in [3.8, 4) is 0 Å². The van der Waals surface area contributed by atoms with Gasteiger partial charge in [0.05, 0.1) is 0 Å². The fourth-order valence-corrected chi connectivity index (χ4v) is 2.69. The lowest BCUT2D eigenvalue weighted by atomic mass is 9.95. The van der Waals surface area contributed by atoms with Crippen molar-refractivity contribution in [2.75, 3.05) is 19.6 Å². The predicted octanol–water partition coefficient (Wildman–Crippen LogP) is -2.23. The Bertz CT molecular complexity index is 433. The second-order valence-electron chi connectivity index (χ2n) is 5.17. The quantitative estimate of drug-likeness (QED) is 0.390. The van der Waals surface area contributed by atoms with E-state index in [0.717, 1.165) is 0 Å². The van der Waals surface area contributed by atoms with Gasteiger partial charge in [-0.2, -0.15) is 0 Å². The van der Waals surface area contributed by atoms with Crippen LogP contribution in [-0.4, -0.2) is 58.9 Å². The maximum atomic E-state index is 12.4. The van der Waals surface area contributed by atoms with Gasteiger partial charge >= 0.3 is 0 Å². The number of nitrogens with two attached hydrogens (primary N) is 3. The Morgan fingerprint density at radius 2 is 2.21 bits per heavy atom. The Hall–Kier alpha value is -1.67. The molecule has 2 fully saturated rings. The van der Waals surface area contributed by atoms with Crippen molar-refractivity contribution in [2.45, 2.75) is 31.3 Å². The number of aliphatic imine (C=N–C) groups is 1. The number of carbonyl (C=O) groups is 2. The van der Waals surface area contributed by atoms with Crippen molar-refractivity contribution in [2.24, 2.45) is 22.2 Å². The molecule has 19 heavy (non-hydrogen) atoms. The number of fused-ring (bicyclic) bond motifs is 1. The van der Waals surface area contributed by atoms with Gasteiger partial charge in [-0.15, -0.1) is 0 Å². The van der Waals surface area contributed by atoms with Crippen LogP contribution in [0.25, 0.3) is 0 Å². The van der Waals surface area contributed by atoms with Crippen molar-refractivity contribution >= 4 is 17.6 Å². The summed E-state index contributed by atoms with van der Waals surface area (Å²) in [6.45, 7) is 2.89. The molecule has 8 heteroatoms. The molecule has 0 bridgehead atoms. The summed E-state index contributed by atoms with van der Waals surface area (Å²) in [6, 6.07) is -0.374. The number of guanidine groups is 1. The van der Waals surface area contributed by atoms with Crippen LogP contribution in [0.1, 0.15) is 19.8 Å². The van der Waals surface area contributed by atoms with Gasteiger partial charge in [-0.3, -0.25) is 19.6 Å². The van der Waals surface area contributed by atoms with Gasteiger partial charge in [0.2, 0.25) is 0 Å². The molecule has 0 aromatic heterocycles. The Labute approximate surface area is 111 Å². The number of ketones is 1. The molecule has 2 atom stereocenters. The van der Waals surface area contributed by atoms with E-state index in [0.29, 0.717) is 32.5 Å². The van der Waals surface area contributed by atoms with Crippen molar-refractivity contribution in [1.29, 1.82) is 0 Å². The minimum absolute atomic E-state index is 0.00989. The SMILES string of the molecule is CC(=O)C1CCN2CC(N)(CCN=C(N)N)C(=O)N12. The van der Waals surface area contributed by atoms with Crippen LogP contribution >= 0.6 is 0 Å². The summed E-state index contributed by atoms with van der Waals surface area (Å²) >= 11 is 0. The van der Waals surface area contributed by atoms with E-state index in [1.165, 1.54) is 11.9 Å². The molecule has 2 rings (SSSR count). The largest absolute Gasteiger partial charge is 0.370 e. The lowest BCUT2D eigenvalue weighted by Crippen LogP contribution is -2.52. The maximum Gasteiger partial charge on any atom is 0.259 e. The maximum absolute atomic E-state index is 12.4. The molecule has 2 saturated heterocycles. The topological polar surface area (TPSA) is 131 Å². The molecular formula is C11H20N6O2. The van der Waals surface area contributed by atoms with Gasteiger partial charge in [0, 0.05) is 19.6 Å². The van der Waals surface area contributed by atoms with Gasteiger partial charge < -0.3 is 17.2 Å². The first-order valence-corrected chi connectivity index (χ1v) is 6.28. The van der Waals surface area contributed by atoms with Gasteiger partial charge in [0.15, 0.2) is 11.7 Å². The Morgan fingerprint density at radius 1 is 1.53 bits per heavy atom. The summed E-state index contributed by atoms with van der Waals surface area (Å²) in [5.41, 5.74) is 15.6. The van der Waals surface area contributed by atoms with Gasteiger partial charge in [-0.1, -0.05) is 0 Å². The molecule has 0 aromatic carbocycles. The molecule has 2 unspecified atom stereocenters. The van der Waals surface area contributed by atoms with Gasteiger partial charge in [-0.25, -0.2) is 5.01 Å². The standard InChI is InChI=1S/C11H20N6O2/c1-7(18)8-2-5-16-6-11(14,9(19)17(8)16)3-4-15-10(12)13/h8H,2-6,14H2,1H3,(H4,12,13,15). The van der Waals surface area contributed by atoms with E-state index >= 15 is 0 Å². The van der Waals surface area contributed by atoms with Crippen LogP contribution in [0.4, 0.5) is 0 Å². The molecule has 2 heterocycles. The number of amides is 1. The second kappa shape index (κ2) is 4.78. The van der Waals surface area contributed by atoms with Crippen LogP contribution in [0.2, 0.25) is 0 Å². The van der Waals surface area contributed by atoms with Crippen LogP contribution in [-0.2, 0) is 9.59 Å². The molecule has 0 spiro atoms. The first kappa shape index (κ1) is 13.8. The molecule has 2 aliphatic rings. The number of nitrogens with zero attached hydrogens (tertiary/aromatic N) is 3. The average molecular weight is 268 g/mol. The lowest BCUT2D eigenvalue weighted by Gasteiger charge is -2.24. The van der Waals surface area contributed by atoms with Crippen molar-refractivity contribution < 1.29 is 9.59 Å². The highest BCUT2D eigenvalue weighted by Crippen LogP contribution is 2.31. The van der Waals surface area contributed by atoms with E-state index in [4.69, 9.17) is 17.2 Å². The second-order valence-corrected chi connectivity index (χ2v) is 5.17. The first-order chi connectivity index (χ1) is 8.85. The van der Waals surface area contributed by atoms with Crippen molar-refractivity contribution in [3.05, 3.63) is 0 Å². The molecule has 6 N–H and O–H groups in total. The third kappa shape index (κ3) is 2.41. The monoisotopic (exact) mass is 268 g/mol. The van der Waals surface area contributed by atoms with Crippen LogP contribution in [0.5, 0.6) is 0 Å². The normalized spacial score (nSPS) is 30.5. The summed E-state index contributed by atoms with van der Waals surface area (Å²) < 4.78 is 0. The van der Waals surface area contributed by atoms with E-state index in [2.05, 4.69) is 4.99 Å². The molecule has 0 radical (unpaired) electrons. The van der Waals surface area contributed by atoms with Crippen LogP contribution in [0, 0.1) is 0 Å². The highest BCUT2D eigenvalue weighted by atomic mass is 16.2. The number of carbonyl (C=O) groups excluding carboxylic acids is 2. The summed E-state index contributed by atoms with van der Waals surface area (Å²) in [7, 11) is 0. The van der Waals surface area contributed by atoms with Crippen LogP contribution < -0.4 is 17.2 Å². The van der Waals surface area contributed by atoms with Crippen LogP contribution in [0.15, 0.2) is 4.99 Å². The molecule has 106 valence electrons. The zero-order valence-electron chi connectivity index (χ0n) is 11.0.